The van der Waals surface area contributed by atoms with Crippen molar-refractivity contribution in [2.24, 2.45) is 0 Å². The number of nitrogens with one attached hydrogen (secondary N) is 1. The second-order valence-electron chi connectivity index (χ2n) is 8.99. The first-order chi connectivity index (χ1) is 16.7. The first kappa shape index (κ1) is 22.6. The van der Waals surface area contributed by atoms with Gasteiger partial charge in [0.1, 0.15) is 0 Å². The number of likely N-dealkylation sites (tertiary alicyclic amines) is 1. The molecule has 7 heteroatoms. The quantitative estimate of drug-likeness (QED) is 0.516. The van der Waals surface area contributed by atoms with Crippen LogP contribution in [0, 0.1) is 11.3 Å². The maximum Gasteiger partial charge on any atom is 0.243 e. The summed E-state index contributed by atoms with van der Waals surface area (Å²) in [5, 5.41) is 15.0. The van der Waals surface area contributed by atoms with Crippen molar-refractivity contribution in [3.63, 3.8) is 0 Å². The van der Waals surface area contributed by atoms with E-state index in [1.165, 1.54) is 17.0 Å². The Morgan fingerprint density at radius 3 is 2.65 bits per heavy atom. The average molecular weight is 472 g/mol. The van der Waals surface area contributed by atoms with Crippen LogP contribution in [0.5, 0.6) is 0 Å². The molecule has 1 aromatic heterocycles. The van der Waals surface area contributed by atoms with Crippen molar-refractivity contribution in [3.8, 4) is 6.07 Å². The van der Waals surface area contributed by atoms with Crippen LogP contribution in [-0.2, 0) is 17.8 Å². The zero-order valence-corrected chi connectivity index (χ0v) is 20.0. The lowest BCUT2D eigenvalue weighted by atomic mass is 10.0. The minimum Gasteiger partial charge on any atom is -0.363 e. The molecule has 2 fully saturated rings. The standard InChI is InChI=1S/C27H29N5OS/c28-15-14-20-8-4-5-9-21(20)18-31-16-6-13-25(31)26(33)30-27-29-23(19-34-27)24-12-7-17-32(24)22-10-2-1-3-11-22/h1-5,8-11,19,24-25H,6-7,12-14,16-18H2,(H,29,30,33)/t24-,25?/m1/s1. The van der Waals surface area contributed by atoms with Crippen molar-refractivity contribution >= 4 is 28.1 Å². The highest BCUT2D eigenvalue weighted by Gasteiger charge is 2.32. The van der Waals surface area contributed by atoms with E-state index in [0.29, 0.717) is 18.1 Å². The summed E-state index contributed by atoms with van der Waals surface area (Å²) in [5.41, 5.74) is 4.43. The first-order valence-electron chi connectivity index (χ1n) is 12.0. The normalized spacial score (nSPS) is 20.4. The lowest BCUT2D eigenvalue weighted by Gasteiger charge is -2.25. The van der Waals surface area contributed by atoms with Crippen LogP contribution in [0.25, 0.3) is 0 Å². The van der Waals surface area contributed by atoms with Crippen LogP contribution < -0.4 is 10.2 Å². The molecule has 2 aliphatic heterocycles. The molecule has 3 aromatic rings. The van der Waals surface area contributed by atoms with Gasteiger partial charge in [0.2, 0.25) is 5.91 Å². The van der Waals surface area contributed by atoms with E-state index in [-0.39, 0.29) is 18.0 Å². The number of nitriles is 1. The van der Waals surface area contributed by atoms with Gasteiger partial charge < -0.3 is 10.2 Å². The van der Waals surface area contributed by atoms with Gasteiger partial charge in [-0.2, -0.15) is 5.26 Å². The summed E-state index contributed by atoms with van der Waals surface area (Å²) in [6, 6.07) is 20.8. The summed E-state index contributed by atoms with van der Waals surface area (Å²) in [6.45, 7) is 2.60. The fourth-order valence-corrected chi connectivity index (χ4v) is 5.95. The van der Waals surface area contributed by atoms with E-state index in [0.717, 1.165) is 55.6 Å². The number of benzene rings is 2. The topological polar surface area (TPSA) is 72.3 Å². The van der Waals surface area contributed by atoms with Gasteiger partial charge in [-0.1, -0.05) is 42.5 Å². The summed E-state index contributed by atoms with van der Waals surface area (Å²) in [4.78, 5) is 22.7. The third kappa shape index (κ3) is 4.84. The molecule has 0 radical (unpaired) electrons. The van der Waals surface area contributed by atoms with Crippen molar-refractivity contribution in [3.05, 3.63) is 76.8 Å². The van der Waals surface area contributed by atoms with Crippen LogP contribution in [0.3, 0.4) is 0 Å². The molecule has 6 nitrogen and oxygen atoms in total. The molecule has 0 spiro atoms. The van der Waals surface area contributed by atoms with Crippen molar-refractivity contribution in [1.29, 1.82) is 5.26 Å². The Morgan fingerprint density at radius 2 is 1.82 bits per heavy atom. The van der Waals surface area contributed by atoms with Crippen LogP contribution in [0.15, 0.2) is 60.0 Å². The number of aromatic nitrogens is 1. The Labute approximate surface area is 204 Å². The summed E-state index contributed by atoms with van der Waals surface area (Å²) in [5.74, 6) is 0.0162. The minimum absolute atomic E-state index is 0.0162. The number of thiazole rings is 1. The molecule has 1 N–H and O–H groups in total. The predicted octanol–water partition coefficient (Wildman–Crippen LogP) is 5.15. The van der Waals surface area contributed by atoms with Crippen molar-refractivity contribution in [2.75, 3.05) is 23.3 Å². The number of hydrogen-bond donors (Lipinski definition) is 1. The molecule has 3 heterocycles. The zero-order valence-electron chi connectivity index (χ0n) is 19.2. The van der Waals surface area contributed by atoms with Crippen molar-refractivity contribution in [2.45, 2.75) is 50.7 Å². The number of anilines is 2. The first-order valence-corrected chi connectivity index (χ1v) is 12.9. The minimum atomic E-state index is -0.171. The smallest absolute Gasteiger partial charge is 0.243 e. The van der Waals surface area contributed by atoms with Crippen LogP contribution in [-0.4, -0.2) is 34.9 Å². The molecule has 5 rings (SSSR count). The molecule has 0 aliphatic carbocycles. The van der Waals surface area contributed by atoms with E-state index < -0.39 is 0 Å². The van der Waals surface area contributed by atoms with E-state index in [9.17, 15) is 4.79 Å². The van der Waals surface area contributed by atoms with E-state index in [2.05, 4.69) is 56.9 Å². The van der Waals surface area contributed by atoms with Gasteiger partial charge in [-0.25, -0.2) is 4.98 Å². The van der Waals surface area contributed by atoms with Crippen LogP contribution >= 0.6 is 11.3 Å². The molecular formula is C27H29N5OS. The molecule has 34 heavy (non-hydrogen) atoms. The largest absolute Gasteiger partial charge is 0.363 e. The van der Waals surface area contributed by atoms with Gasteiger partial charge in [0, 0.05) is 24.2 Å². The van der Waals surface area contributed by atoms with Crippen molar-refractivity contribution < 1.29 is 4.79 Å². The van der Waals surface area contributed by atoms with Gasteiger partial charge in [-0.3, -0.25) is 9.69 Å². The average Bonchev–Trinajstić information content (AvgIpc) is 3.62. The molecule has 2 aromatic carbocycles. The number of rotatable bonds is 7. The number of nitrogens with zero attached hydrogens (tertiary/aromatic N) is 4. The van der Waals surface area contributed by atoms with Gasteiger partial charge >= 0.3 is 0 Å². The van der Waals surface area contributed by atoms with Gasteiger partial charge in [-0.15, -0.1) is 11.3 Å². The zero-order chi connectivity index (χ0) is 23.3. The van der Waals surface area contributed by atoms with E-state index in [4.69, 9.17) is 10.2 Å². The van der Waals surface area contributed by atoms with E-state index >= 15 is 0 Å². The Morgan fingerprint density at radius 1 is 1.06 bits per heavy atom. The van der Waals surface area contributed by atoms with Gasteiger partial charge in [0.15, 0.2) is 5.13 Å². The Hall–Kier alpha value is -3.21. The van der Waals surface area contributed by atoms with Crippen LogP contribution in [0.4, 0.5) is 10.8 Å². The number of carbonyl (C=O) groups is 1. The molecule has 1 unspecified atom stereocenters. The highest BCUT2D eigenvalue weighted by atomic mass is 32.1. The monoisotopic (exact) mass is 471 g/mol. The van der Waals surface area contributed by atoms with Gasteiger partial charge in [0.05, 0.1) is 30.3 Å². The van der Waals surface area contributed by atoms with E-state index in [1.54, 1.807) is 0 Å². The maximum absolute atomic E-state index is 13.2. The highest BCUT2D eigenvalue weighted by Crippen LogP contribution is 2.37. The fourth-order valence-electron chi connectivity index (χ4n) is 5.19. The van der Waals surface area contributed by atoms with E-state index in [1.807, 2.05) is 24.3 Å². The highest BCUT2D eigenvalue weighted by molar-refractivity contribution is 7.13. The Balaban J connectivity index is 1.25. The molecule has 0 bridgehead atoms. The van der Waals surface area contributed by atoms with Crippen LogP contribution in [0.1, 0.15) is 48.5 Å². The molecule has 0 saturated carbocycles. The second kappa shape index (κ2) is 10.4. The van der Waals surface area contributed by atoms with Crippen molar-refractivity contribution in [1.82, 2.24) is 9.88 Å². The third-order valence-corrected chi connectivity index (χ3v) is 7.64. The Bertz CT molecular complexity index is 1170. The Kier molecular flexibility index (Phi) is 6.89. The molecular weight excluding hydrogens is 442 g/mol. The fraction of sp³-hybridized carbons (Fsp3) is 0.370. The molecule has 1 amide bonds. The summed E-state index contributed by atoms with van der Waals surface area (Å²) < 4.78 is 0. The lowest BCUT2D eigenvalue weighted by Crippen LogP contribution is -2.39. The summed E-state index contributed by atoms with van der Waals surface area (Å²) in [6.07, 6.45) is 4.45. The summed E-state index contributed by atoms with van der Waals surface area (Å²) in [7, 11) is 0. The number of para-hydroxylation sites is 1. The predicted molar refractivity (Wildman–Crippen MR) is 136 cm³/mol. The molecule has 2 atom stereocenters. The third-order valence-electron chi connectivity index (χ3n) is 6.86. The van der Waals surface area contributed by atoms with Gasteiger partial charge in [0.25, 0.3) is 0 Å². The second-order valence-corrected chi connectivity index (χ2v) is 9.84. The molecule has 174 valence electrons. The number of carbonyl (C=O) groups excluding carboxylic acids is 1. The maximum atomic E-state index is 13.2. The number of hydrogen-bond acceptors (Lipinski definition) is 6. The van der Waals surface area contributed by atoms with Crippen LogP contribution in [0.2, 0.25) is 0 Å². The van der Waals surface area contributed by atoms with Gasteiger partial charge in [-0.05, 0) is 55.5 Å². The SMILES string of the molecule is N#CCc1ccccc1CN1CCCC1C(=O)Nc1nc([C@H]2CCCN2c2ccccc2)cs1. The molecule has 2 aliphatic rings. The molecule has 2 saturated heterocycles. The number of amides is 1. The summed E-state index contributed by atoms with van der Waals surface area (Å²) >= 11 is 1.51. The lowest BCUT2D eigenvalue weighted by molar-refractivity contribution is -0.120.